The minimum absolute atomic E-state index is 0.0605. The molecule has 188 valence electrons. The standard InChI is InChI=1S/C26H32N8O2/c1-26(2,3)22-16-33(11-12-34(22)25(35)36)15-17-7-9-27-23(13-17)30-24-28-20-6-5-18(14-21(20)29-24)19-8-10-32(4)31-19/h5-10,13-14,22H,11-12,15-16H2,1-4H3,(H,35,36)(H2,27,28,29,30). The maximum absolute atomic E-state index is 11.7. The number of H-pyrrole nitrogens is 1. The molecule has 10 nitrogen and oxygen atoms in total. The Morgan fingerprint density at radius 2 is 2.03 bits per heavy atom. The SMILES string of the molecule is Cn1ccc(-c2ccc3nc(Nc4cc(CN5CCN(C(=O)O)C(C(C)(C)C)C5)ccn4)[nH]c3c2)n1. The second kappa shape index (κ2) is 9.27. The number of pyridine rings is 1. The molecule has 4 heterocycles. The van der Waals surface area contributed by atoms with Gasteiger partial charge >= 0.3 is 6.09 Å². The summed E-state index contributed by atoms with van der Waals surface area (Å²) >= 11 is 0. The van der Waals surface area contributed by atoms with Gasteiger partial charge < -0.3 is 20.3 Å². The van der Waals surface area contributed by atoms with E-state index in [1.54, 1.807) is 15.8 Å². The van der Waals surface area contributed by atoms with Crippen molar-refractivity contribution in [2.24, 2.45) is 12.5 Å². The Balaban J connectivity index is 1.29. The average Bonchev–Trinajstić information content (AvgIpc) is 3.43. The Morgan fingerprint density at radius 3 is 2.75 bits per heavy atom. The van der Waals surface area contributed by atoms with Crippen molar-refractivity contribution in [1.82, 2.24) is 34.5 Å². The van der Waals surface area contributed by atoms with Crippen molar-refractivity contribution in [1.29, 1.82) is 0 Å². The first kappa shape index (κ1) is 23.8. The number of carbonyl (C=O) groups is 1. The molecule has 0 bridgehead atoms. The van der Waals surface area contributed by atoms with Gasteiger partial charge in [-0.25, -0.2) is 14.8 Å². The van der Waals surface area contributed by atoms with Gasteiger partial charge in [-0.3, -0.25) is 9.58 Å². The largest absolute Gasteiger partial charge is 0.465 e. The number of rotatable bonds is 5. The van der Waals surface area contributed by atoms with Gasteiger partial charge in [-0.05, 0) is 41.3 Å². The number of carboxylic acid groups (broad SMARTS) is 1. The van der Waals surface area contributed by atoms with Crippen LogP contribution in [0.4, 0.5) is 16.6 Å². The number of nitrogens with zero attached hydrogens (tertiary/aromatic N) is 6. The fourth-order valence-electron chi connectivity index (χ4n) is 4.77. The van der Waals surface area contributed by atoms with Crippen LogP contribution in [0.2, 0.25) is 0 Å². The number of amides is 1. The molecule has 5 rings (SSSR count). The van der Waals surface area contributed by atoms with E-state index in [4.69, 9.17) is 0 Å². The number of aromatic amines is 1. The zero-order chi connectivity index (χ0) is 25.4. The van der Waals surface area contributed by atoms with E-state index < -0.39 is 6.09 Å². The average molecular weight is 489 g/mol. The van der Waals surface area contributed by atoms with E-state index in [9.17, 15) is 9.90 Å². The smallest absolute Gasteiger partial charge is 0.407 e. The first-order chi connectivity index (χ1) is 17.2. The summed E-state index contributed by atoms with van der Waals surface area (Å²) < 4.78 is 1.79. The Morgan fingerprint density at radius 1 is 1.19 bits per heavy atom. The van der Waals surface area contributed by atoms with Gasteiger partial charge in [0.2, 0.25) is 5.95 Å². The Bertz CT molecular complexity index is 1390. The molecule has 1 aliphatic heterocycles. The van der Waals surface area contributed by atoms with E-state index in [2.05, 4.69) is 51.0 Å². The van der Waals surface area contributed by atoms with Crippen molar-refractivity contribution in [3.8, 4) is 11.3 Å². The summed E-state index contributed by atoms with van der Waals surface area (Å²) in [6.45, 7) is 8.92. The number of aryl methyl sites for hydroxylation is 1. The van der Waals surface area contributed by atoms with Crippen LogP contribution in [0.5, 0.6) is 0 Å². The lowest BCUT2D eigenvalue weighted by atomic mass is 9.84. The summed E-state index contributed by atoms with van der Waals surface area (Å²) in [6, 6.07) is 12.0. The molecule has 0 spiro atoms. The summed E-state index contributed by atoms with van der Waals surface area (Å²) in [4.78, 5) is 28.1. The van der Waals surface area contributed by atoms with E-state index in [0.29, 0.717) is 31.4 Å². The van der Waals surface area contributed by atoms with Crippen LogP contribution in [0.15, 0.2) is 48.8 Å². The van der Waals surface area contributed by atoms with Crippen molar-refractivity contribution in [2.45, 2.75) is 33.4 Å². The van der Waals surface area contributed by atoms with Gasteiger partial charge in [0.05, 0.1) is 22.8 Å². The first-order valence-corrected chi connectivity index (χ1v) is 12.1. The van der Waals surface area contributed by atoms with Crippen molar-refractivity contribution in [3.05, 3.63) is 54.4 Å². The molecule has 0 aliphatic carbocycles. The minimum Gasteiger partial charge on any atom is -0.465 e. The Hall–Kier alpha value is -3.92. The highest BCUT2D eigenvalue weighted by atomic mass is 16.4. The number of hydrogen-bond donors (Lipinski definition) is 3. The molecule has 1 saturated heterocycles. The summed E-state index contributed by atoms with van der Waals surface area (Å²) in [7, 11) is 1.90. The van der Waals surface area contributed by atoms with Crippen LogP contribution in [0.1, 0.15) is 26.3 Å². The quantitative estimate of drug-likeness (QED) is 0.383. The molecule has 0 saturated carbocycles. The van der Waals surface area contributed by atoms with E-state index in [1.165, 1.54) is 0 Å². The van der Waals surface area contributed by atoms with Crippen LogP contribution in [0, 0.1) is 5.41 Å². The molecular formula is C26H32N8O2. The molecular weight excluding hydrogens is 456 g/mol. The molecule has 1 atom stereocenters. The number of fused-ring (bicyclic) bond motifs is 1. The predicted octanol–water partition coefficient (Wildman–Crippen LogP) is 4.31. The molecule has 36 heavy (non-hydrogen) atoms. The maximum Gasteiger partial charge on any atom is 0.407 e. The molecule has 3 N–H and O–H groups in total. The normalized spacial score (nSPS) is 17.0. The number of benzene rings is 1. The van der Waals surface area contributed by atoms with Crippen molar-refractivity contribution in [3.63, 3.8) is 0 Å². The first-order valence-electron chi connectivity index (χ1n) is 12.1. The Kier molecular flexibility index (Phi) is 6.13. The molecule has 1 unspecified atom stereocenters. The highest BCUT2D eigenvalue weighted by Crippen LogP contribution is 2.29. The third-order valence-electron chi connectivity index (χ3n) is 6.68. The summed E-state index contributed by atoms with van der Waals surface area (Å²) in [6.07, 6.45) is 2.87. The number of aromatic nitrogens is 5. The highest BCUT2D eigenvalue weighted by Gasteiger charge is 2.37. The fourth-order valence-corrected chi connectivity index (χ4v) is 4.77. The van der Waals surface area contributed by atoms with Crippen LogP contribution in [-0.2, 0) is 13.6 Å². The van der Waals surface area contributed by atoms with Gasteiger partial charge in [0.15, 0.2) is 0 Å². The molecule has 10 heteroatoms. The van der Waals surface area contributed by atoms with Gasteiger partial charge in [0, 0.05) is 51.2 Å². The third kappa shape index (κ3) is 5.03. The molecule has 1 amide bonds. The number of piperazine rings is 1. The van der Waals surface area contributed by atoms with E-state index in [-0.39, 0.29) is 11.5 Å². The number of hydrogen-bond acceptors (Lipinski definition) is 6. The van der Waals surface area contributed by atoms with Crippen molar-refractivity contribution >= 4 is 28.9 Å². The van der Waals surface area contributed by atoms with Crippen LogP contribution >= 0.6 is 0 Å². The molecule has 1 fully saturated rings. The number of nitrogens with one attached hydrogen (secondary N) is 2. The van der Waals surface area contributed by atoms with Gasteiger partial charge in [0.1, 0.15) is 5.82 Å². The van der Waals surface area contributed by atoms with Gasteiger partial charge in [-0.1, -0.05) is 26.8 Å². The van der Waals surface area contributed by atoms with Gasteiger partial charge in [0.25, 0.3) is 0 Å². The summed E-state index contributed by atoms with van der Waals surface area (Å²) in [5, 5.41) is 17.4. The predicted molar refractivity (Wildman–Crippen MR) is 139 cm³/mol. The molecule has 1 aromatic carbocycles. The summed E-state index contributed by atoms with van der Waals surface area (Å²) in [5.41, 5.74) is 4.68. The zero-order valence-corrected chi connectivity index (χ0v) is 21.1. The lowest BCUT2D eigenvalue weighted by Gasteiger charge is -2.46. The van der Waals surface area contributed by atoms with Crippen LogP contribution < -0.4 is 5.32 Å². The third-order valence-corrected chi connectivity index (χ3v) is 6.68. The second-order valence-electron chi connectivity index (χ2n) is 10.5. The monoisotopic (exact) mass is 488 g/mol. The fraction of sp³-hybridized carbons (Fsp3) is 0.385. The zero-order valence-electron chi connectivity index (χ0n) is 21.1. The molecule has 1 aliphatic rings. The van der Waals surface area contributed by atoms with E-state index >= 15 is 0 Å². The van der Waals surface area contributed by atoms with E-state index in [1.807, 2.05) is 49.6 Å². The van der Waals surface area contributed by atoms with Crippen LogP contribution in [0.25, 0.3) is 22.3 Å². The molecule has 4 aromatic rings. The lowest BCUT2D eigenvalue weighted by molar-refractivity contribution is 0.0190. The van der Waals surface area contributed by atoms with Gasteiger partial charge in [-0.15, -0.1) is 0 Å². The number of anilines is 2. The van der Waals surface area contributed by atoms with Gasteiger partial charge in [-0.2, -0.15) is 5.10 Å². The van der Waals surface area contributed by atoms with Crippen molar-refractivity contribution < 1.29 is 9.90 Å². The summed E-state index contributed by atoms with van der Waals surface area (Å²) in [5.74, 6) is 1.32. The maximum atomic E-state index is 11.7. The lowest BCUT2D eigenvalue weighted by Crippen LogP contribution is -2.59. The minimum atomic E-state index is -0.844. The highest BCUT2D eigenvalue weighted by molar-refractivity contribution is 5.83. The molecule has 0 radical (unpaired) electrons. The molecule has 3 aromatic heterocycles. The van der Waals surface area contributed by atoms with Crippen LogP contribution in [-0.4, -0.2) is 71.4 Å². The van der Waals surface area contributed by atoms with E-state index in [0.717, 1.165) is 34.4 Å². The van der Waals surface area contributed by atoms with Crippen molar-refractivity contribution in [2.75, 3.05) is 25.0 Å². The number of imidazole rings is 1. The Labute approximate surface area is 210 Å². The topological polar surface area (TPSA) is 115 Å². The van der Waals surface area contributed by atoms with Crippen LogP contribution in [0.3, 0.4) is 0 Å². The second-order valence-corrected chi connectivity index (χ2v) is 10.5.